The van der Waals surface area contributed by atoms with Crippen molar-refractivity contribution in [1.82, 2.24) is 14.9 Å². The van der Waals surface area contributed by atoms with Gasteiger partial charge in [-0.25, -0.2) is 9.78 Å². The highest BCUT2D eigenvalue weighted by molar-refractivity contribution is 7.16. The molecule has 22 heavy (non-hydrogen) atoms. The van der Waals surface area contributed by atoms with Gasteiger partial charge in [0.2, 0.25) is 0 Å². The number of aromatic nitrogens is 2. The summed E-state index contributed by atoms with van der Waals surface area (Å²) in [7, 11) is 0. The molecule has 2 atom stereocenters. The van der Waals surface area contributed by atoms with Gasteiger partial charge in [-0.05, 0) is 25.0 Å². The maximum absolute atomic E-state index is 12.4. The number of rotatable bonds is 6. The molecule has 118 valence electrons. The smallest absolute Gasteiger partial charge is 0.326 e. The van der Waals surface area contributed by atoms with Crippen LogP contribution in [0, 0.1) is 12.8 Å². The van der Waals surface area contributed by atoms with Gasteiger partial charge in [-0.15, -0.1) is 0 Å². The van der Waals surface area contributed by atoms with Crippen molar-refractivity contribution < 1.29 is 14.7 Å². The third-order valence-corrected chi connectivity index (χ3v) is 4.75. The summed E-state index contributed by atoms with van der Waals surface area (Å²) in [4.78, 5) is 28.5. The van der Waals surface area contributed by atoms with Gasteiger partial charge in [0.1, 0.15) is 10.9 Å². The lowest BCUT2D eigenvalue weighted by Crippen LogP contribution is -2.44. The first-order valence-electron chi connectivity index (χ1n) is 7.08. The average molecular weight is 321 g/mol. The minimum atomic E-state index is -1.02. The van der Waals surface area contributed by atoms with Gasteiger partial charge >= 0.3 is 5.97 Å². The van der Waals surface area contributed by atoms with Gasteiger partial charge in [0.05, 0.1) is 5.69 Å². The number of carboxylic acid groups (broad SMARTS) is 1. The zero-order chi connectivity index (χ0) is 16.3. The van der Waals surface area contributed by atoms with Crippen LogP contribution in [0.3, 0.4) is 0 Å². The van der Waals surface area contributed by atoms with Crippen molar-refractivity contribution in [2.24, 2.45) is 5.92 Å². The van der Waals surface area contributed by atoms with Crippen molar-refractivity contribution in [3.05, 3.63) is 35.1 Å². The summed E-state index contributed by atoms with van der Waals surface area (Å²) in [6.07, 6.45) is 4.37. The Morgan fingerprint density at radius 3 is 2.59 bits per heavy atom. The van der Waals surface area contributed by atoms with Gasteiger partial charge in [0.25, 0.3) is 5.91 Å². The van der Waals surface area contributed by atoms with E-state index in [2.05, 4.69) is 10.3 Å². The summed E-state index contributed by atoms with van der Waals surface area (Å²) in [5.74, 6) is -1.55. The van der Waals surface area contributed by atoms with E-state index in [4.69, 9.17) is 0 Å². The molecule has 0 fully saturated rings. The topological polar surface area (TPSA) is 84.2 Å². The second kappa shape index (κ2) is 6.74. The molecule has 0 aliphatic rings. The molecule has 0 bridgehead atoms. The SMILES string of the molecule is CCC(C)C(NC(=O)c1sc(-n2cccc2)nc1C)C(=O)O. The monoisotopic (exact) mass is 321 g/mol. The Bertz CT molecular complexity index is 664. The minimum Gasteiger partial charge on any atom is -0.480 e. The van der Waals surface area contributed by atoms with E-state index < -0.39 is 12.0 Å². The van der Waals surface area contributed by atoms with E-state index in [1.165, 1.54) is 11.3 Å². The molecule has 0 saturated carbocycles. The maximum atomic E-state index is 12.4. The quantitative estimate of drug-likeness (QED) is 0.856. The van der Waals surface area contributed by atoms with Crippen molar-refractivity contribution in [1.29, 1.82) is 0 Å². The summed E-state index contributed by atoms with van der Waals surface area (Å²) < 4.78 is 1.82. The highest BCUT2D eigenvalue weighted by Gasteiger charge is 2.27. The van der Waals surface area contributed by atoms with Gasteiger partial charge < -0.3 is 15.0 Å². The molecule has 2 N–H and O–H groups in total. The number of carbonyl (C=O) groups excluding carboxylic acids is 1. The highest BCUT2D eigenvalue weighted by Crippen LogP contribution is 2.22. The number of aryl methyl sites for hydroxylation is 1. The Hall–Kier alpha value is -2.15. The number of carbonyl (C=O) groups is 2. The van der Waals surface area contributed by atoms with Crippen molar-refractivity contribution in [2.75, 3.05) is 0 Å². The van der Waals surface area contributed by atoms with Gasteiger partial charge in [-0.3, -0.25) is 4.79 Å². The van der Waals surface area contributed by atoms with Crippen molar-refractivity contribution >= 4 is 23.2 Å². The van der Waals surface area contributed by atoms with E-state index in [-0.39, 0.29) is 11.8 Å². The molecule has 0 saturated heterocycles. The van der Waals surface area contributed by atoms with Crippen LogP contribution in [0.4, 0.5) is 0 Å². The lowest BCUT2D eigenvalue weighted by Gasteiger charge is -2.19. The molecule has 7 heteroatoms. The van der Waals surface area contributed by atoms with Crippen LogP contribution >= 0.6 is 11.3 Å². The molecular formula is C15H19N3O3S. The summed E-state index contributed by atoms with van der Waals surface area (Å²) in [5, 5.41) is 12.6. The first kappa shape index (κ1) is 16.2. The van der Waals surface area contributed by atoms with E-state index in [1.807, 2.05) is 42.9 Å². The fraction of sp³-hybridized carbons (Fsp3) is 0.400. The average Bonchev–Trinajstić information content (AvgIpc) is 3.12. The zero-order valence-corrected chi connectivity index (χ0v) is 13.6. The van der Waals surface area contributed by atoms with Gasteiger partial charge in [-0.2, -0.15) is 0 Å². The fourth-order valence-corrected chi connectivity index (χ4v) is 2.99. The number of hydrogen-bond acceptors (Lipinski definition) is 4. The van der Waals surface area contributed by atoms with E-state index in [1.54, 1.807) is 6.92 Å². The molecule has 2 unspecified atom stereocenters. The van der Waals surface area contributed by atoms with Crippen molar-refractivity contribution in [2.45, 2.75) is 33.2 Å². The number of hydrogen-bond donors (Lipinski definition) is 2. The molecule has 2 aromatic rings. The van der Waals surface area contributed by atoms with Crippen molar-refractivity contribution in [3.63, 3.8) is 0 Å². The second-order valence-electron chi connectivity index (χ2n) is 5.18. The summed E-state index contributed by atoms with van der Waals surface area (Å²) >= 11 is 1.25. The van der Waals surface area contributed by atoms with E-state index in [9.17, 15) is 14.7 Å². The zero-order valence-electron chi connectivity index (χ0n) is 12.7. The Morgan fingerprint density at radius 2 is 2.05 bits per heavy atom. The standard InChI is InChI=1S/C15H19N3O3S/c1-4-9(2)11(14(20)21)17-13(19)12-10(3)16-15(22-12)18-7-5-6-8-18/h5-9,11H,4H2,1-3H3,(H,17,19)(H,20,21). The van der Waals surface area contributed by atoms with Crippen LogP contribution in [-0.4, -0.2) is 32.6 Å². The molecule has 0 radical (unpaired) electrons. The van der Waals surface area contributed by atoms with Crippen LogP contribution in [0.15, 0.2) is 24.5 Å². The number of nitrogens with one attached hydrogen (secondary N) is 1. The molecule has 2 heterocycles. The molecule has 0 aromatic carbocycles. The normalized spacial score (nSPS) is 13.6. The second-order valence-corrected chi connectivity index (χ2v) is 6.15. The maximum Gasteiger partial charge on any atom is 0.326 e. The Kier molecular flexibility index (Phi) is 4.97. The molecule has 1 amide bonds. The fourth-order valence-electron chi connectivity index (χ4n) is 2.06. The third-order valence-electron chi connectivity index (χ3n) is 3.58. The third kappa shape index (κ3) is 3.36. The minimum absolute atomic E-state index is 0.140. The first-order chi connectivity index (χ1) is 10.4. The Labute approximate surface area is 132 Å². The van der Waals surface area contributed by atoms with Crippen LogP contribution in [0.5, 0.6) is 0 Å². The van der Waals surface area contributed by atoms with E-state index >= 15 is 0 Å². The van der Waals surface area contributed by atoms with E-state index in [0.29, 0.717) is 22.1 Å². The number of thiazole rings is 1. The number of nitrogens with zero attached hydrogens (tertiary/aromatic N) is 2. The highest BCUT2D eigenvalue weighted by atomic mass is 32.1. The molecule has 6 nitrogen and oxygen atoms in total. The largest absolute Gasteiger partial charge is 0.480 e. The molecule has 0 aliphatic heterocycles. The van der Waals surface area contributed by atoms with E-state index in [0.717, 1.165) is 0 Å². The number of amides is 1. The predicted molar refractivity (Wildman–Crippen MR) is 84.5 cm³/mol. The Morgan fingerprint density at radius 1 is 1.41 bits per heavy atom. The molecule has 0 spiro atoms. The molecular weight excluding hydrogens is 302 g/mol. The van der Waals surface area contributed by atoms with Gasteiger partial charge in [-0.1, -0.05) is 31.6 Å². The number of carboxylic acids is 1. The summed E-state index contributed by atoms with van der Waals surface area (Å²) in [6.45, 7) is 5.45. The van der Waals surface area contributed by atoms with Crippen LogP contribution in [0.1, 0.15) is 35.6 Å². The first-order valence-corrected chi connectivity index (χ1v) is 7.90. The van der Waals surface area contributed by atoms with Crippen LogP contribution in [0.2, 0.25) is 0 Å². The summed E-state index contributed by atoms with van der Waals surface area (Å²) in [5.41, 5.74) is 0.597. The summed E-state index contributed by atoms with van der Waals surface area (Å²) in [6, 6.07) is 2.86. The Balaban J connectivity index is 2.21. The number of aliphatic carboxylic acids is 1. The van der Waals surface area contributed by atoms with Crippen molar-refractivity contribution in [3.8, 4) is 5.13 Å². The lowest BCUT2D eigenvalue weighted by molar-refractivity contribution is -0.140. The van der Waals surface area contributed by atoms with Crippen LogP contribution < -0.4 is 5.32 Å². The van der Waals surface area contributed by atoms with Gasteiger partial charge in [0.15, 0.2) is 5.13 Å². The predicted octanol–water partition coefficient (Wildman–Crippen LogP) is 2.47. The molecule has 2 rings (SSSR count). The van der Waals surface area contributed by atoms with Crippen LogP contribution in [-0.2, 0) is 4.79 Å². The molecule has 2 aromatic heterocycles. The van der Waals surface area contributed by atoms with Crippen LogP contribution in [0.25, 0.3) is 5.13 Å². The van der Waals surface area contributed by atoms with Gasteiger partial charge in [0, 0.05) is 12.4 Å². The molecule has 0 aliphatic carbocycles. The lowest BCUT2D eigenvalue weighted by atomic mass is 9.99.